The van der Waals surface area contributed by atoms with Crippen LogP contribution in [0.2, 0.25) is 0 Å². The molecule has 0 aromatic heterocycles. The first-order valence-electron chi connectivity index (χ1n) is 10.4. The van der Waals surface area contributed by atoms with Gasteiger partial charge in [0, 0.05) is 52.9 Å². The largest absolute Gasteiger partial charge is 0.377 e. The van der Waals surface area contributed by atoms with Gasteiger partial charge >= 0.3 is 0 Å². The van der Waals surface area contributed by atoms with Crippen LogP contribution in [-0.2, 0) is 9.53 Å². The first kappa shape index (κ1) is 20.1. The third kappa shape index (κ3) is 5.45. The van der Waals surface area contributed by atoms with Crippen LogP contribution in [0, 0.1) is 0 Å². The highest BCUT2D eigenvalue weighted by molar-refractivity contribution is 5.82. The van der Waals surface area contributed by atoms with Crippen LogP contribution < -0.4 is 5.32 Å². The lowest BCUT2D eigenvalue weighted by Crippen LogP contribution is -2.57. The predicted octanol–water partition coefficient (Wildman–Crippen LogP) is 0.927. The summed E-state index contributed by atoms with van der Waals surface area (Å²) in [6, 6.07) is -0.0133. The maximum atomic E-state index is 12.6. The van der Waals surface area contributed by atoms with Gasteiger partial charge in [-0.2, -0.15) is 0 Å². The number of guanidine groups is 1. The molecule has 1 atom stereocenters. The number of carbonyl (C=O) groups is 1. The number of ether oxygens (including phenoxy) is 1. The van der Waals surface area contributed by atoms with Crippen LogP contribution >= 0.6 is 0 Å². The summed E-state index contributed by atoms with van der Waals surface area (Å²) in [7, 11) is 1.85. The summed E-state index contributed by atoms with van der Waals surface area (Å²) in [6.45, 7) is 10.1. The van der Waals surface area contributed by atoms with Gasteiger partial charge in [-0.25, -0.2) is 0 Å². The van der Waals surface area contributed by atoms with Gasteiger partial charge in [-0.15, -0.1) is 0 Å². The molecule has 1 amide bonds. The lowest BCUT2D eigenvalue weighted by molar-refractivity contribution is -0.135. The van der Waals surface area contributed by atoms with Crippen molar-refractivity contribution in [2.24, 2.45) is 4.99 Å². The van der Waals surface area contributed by atoms with Gasteiger partial charge in [0.25, 0.3) is 0 Å². The summed E-state index contributed by atoms with van der Waals surface area (Å²) in [5, 5.41) is 3.50. The number of nitrogens with zero attached hydrogens (tertiary/aromatic N) is 4. The molecule has 0 aromatic rings. The molecule has 3 aliphatic heterocycles. The van der Waals surface area contributed by atoms with Gasteiger partial charge in [0.05, 0.1) is 19.3 Å². The topological polar surface area (TPSA) is 60.4 Å². The third-order valence-corrected chi connectivity index (χ3v) is 5.94. The van der Waals surface area contributed by atoms with E-state index in [9.17, 15) is 4.79 Å². The highest BCUT2D eigenvalue weighted by Crippen LogP contribution is 2.14. The molecular weight excluding hydrogens is 342 g/mol. The molecular formula is C20H35N5O2. The SMILES string of the molecule is CN=C(NCCC1=CCOCC1)N1CCN(C(C)C(=O)N2CCCC2)CC1. The van der Waals surface area contributed by atoms with Crippen LogP contribution in [0.4, 0.5) is 0 Å². The molecule has 1 unspecified atom stereocenters. The molecule has 0 aliphatic carbocycles. The van der Waals surface area contributed by atoms with E-state index in [1.165, 1.54) is 5.57 Å². The monoisotopic (exact) mass is 377 g/mol. The maximum absolute atomic E-state index is 12.6. The van der Waals surface area contributed by atoms with E-state index in [4.69, 9.17) is 4.74 Å². The number of nitrogens with one attached hydrogen (secondary N) is 1. The molecule has 2 fully saturated rings. The van der Waals surface area contributed by atoms with E-state index >= 15 is 0 Å². The van der Waals surface area contributed by atoms with Crippen LogP contribution in [0.5, 0.6) is 0 Å². The zero-order valence-corrected chi connectivity index (χ0v) is 17.0. The van der Waals surface area contributed by atoms with E-state index < -0.39 is 0 Å². The number of likely N-dealkylation sites (tertiary alicyclic amines) is 1. The molecule has 27 heavy (non-hydrogen) atoms. The highest BCUT2D eigenvalue weighted by atomic mass is 16.5. The Morgan fingerprint density at radius 2 is 1.93 bits per heavy atom. The molecule has 3 heterocycles. The Bertz CT molecular complexity index is 549. The predicted molar refractivity (Wildman–Crippen MR) is 108 cm³/mol. The second-order valence-corrected chi connectivity index (χ2v) is 7.64. The molecule has 0 spiro atoms. The van der Waals surface area contributed by atoms with Crippen molar-refractivity contribution >= 4 is 11.9 Å². The molecule has 0 radical (unpaired) electrons. The van der Waals surface area contributed by atoms with Gasteiger partial charge in [0.2, 0.25) is 5.91 Å². The minimum Gasteiger partial charge on any atom is -0.377 e. The molecule has 1 N–H and O–H groups in total. The highest BCUT2D eigenvalue weighted by Gasteiger charge is 2.30. The Kier molecular flexibility index (Phi) is 7.52. The van der Waals surface area contributed by atoms with Crippen LogP contribution in [0.25, 0.3) is 0 Å². The first-order chi connectivity index (χ1) is 13.2. The van der Waals surface area contributed by atoms with Crippen molar-refractivity contribution < 1.29 is 9.53 Å². The van der Waals surface area contributed by atoms with E-state index in [2.05, 4.69) is 33.1 Å². The van der Waals surface area contributed by atoms with Crippen molar-refractivity contribution in [3.63, 3.8) is 0 Å². The Hall–Kier alpha value is -1.60. The summed E-state index contributed by atoms with van der Waals surface area (Å²) in [5.74, 6) is 1.27. The van der Waals surface area contributed by atoms with Crippen molar-refractivity contribution in [2.45, 2.75) is 38.6 Å². The van der Waals surface area contributed by atoms with Crippen molar-refractivity contribution in [2.75, 3.05) is 66.1 Å². The lowest BCUT2D eigenvalue weighted by atomic mass is 10.1. The van der Waals surface area contributed by atoms with Gasteiger partial charge in [-0.1, -0.05) is 11.6 Å². The Morgan fingerprint density at radius 1 is 1.19 bits per heavy atom. The van der Waals surface area contributed by atoms with Gasteiger partial charge in [-0.3, -0.25) is 14.7 Å². The lowest BCUT2D eigenvalue weighted by Gasteiger charge is -2.39. The number of aliphatic imine (C=N–C) groups is 1. The number of hydrogen-bond donors (Lipinski definition) is 1. The van der Waals surface area contributed by atoms with Crippen LogP contribution in [0.15, 0.2) is 16.6 Å². The van der Waals surface area contributed by atoms with Gasteiger partial charge in [0.1, 0.15) is 0 Å². The van der Waals surface area contributed by atoms with E-state index in [0.717, 1.165) is 90.7 Å². The zero-order valence-electron chi connectivity index (χ0n) is 17.0. The number of piperazine rings is 1. The second-order valence-electron chi connectivity index (χ2n) is 7.64. The number of hydrogen-bond acceptors (Lipinski definition) is 4. The van der Waals surface area contributed by atoms with E-state index in [0.29, 0.717) is 5.91 Å². The molecule has 0 saturated carbocycles. The van der Waals surface area contributed by atoms with Crippen LogP contribution in [0.1, 0.15) is 32.6 Å². The normalized spacial score (nSPS) is 23.3. The number of amides is 1. The maximum Gasteiger partial charge on any atom is 0.239 e. The zero-order chi connectivity index (χ0) is 19.1. The summed E-state index contributed by atoms with van der Waals surface area (Å²) in [5.41, 5.74) is 1.48. The third-order valence-electron chi connectivity index (χ3n) is 5.94. The standard InChI is InChI=1S/C20H35N5O2/c1-17(19(26)24-9-3-4-10-24)23-11-13-25(14-12-23)20(21-2)22-8-5-18-6-15-27-16-7-18/h6,17H,3-5,7-16H2,1-2H3,(H,21,22). The van der Waals surface area contributed by atoms with Crippen LogP contribution in [-0.4, -0.2) is 98.7 Å². The minimum atomic E-state index is -0.0133. The quantitative estimate of drug-likeness (QED) is 0.439. The average molecular weight is 378 g/mol. The van der Waals surface area contributed by atoms with Crippen LogP contribution in [0.3, 0.4) is 0 Å². The number of rotatable bonds is 5. The van der Waals surface area contributed by atoms with Crippen molar-refractivity contribution in [1.29, 1.82) is 0 Å². The summed E-state index contributed by atoms with van der Waals surface area (Å²) >= 11 is 0. The van der Waals surface area contributed by atoms with E-state index in [1.54, 1.807) is 0 Å². The molecule has 152 valence electrons. The average Bonchev–Trinajstić information content (AvgIpc) is 3.26. The molecule has 0 aromatic carbocycles. The van der Waals surface area contributed by atoms with Crippen molar-refractivity contribution in [3.05, 3.63) is 11.6 Å². The summed E-state index contributed by atoms with van der Waals surface area (Å²) < 4.78 is 5.36. The molecule has 0 bridgehead atoms. The fourth-order valence-corrected chi connectivity index (χ4v) is 4.14. The molecule has 7 nitrogen and oxygen atoms in total. The Labute approximate surface area is 163 Å². The van der Waals surface area contributed by atoms with Crippen molar-refractivity contribution in [3.8, 4) is 0 Å². The van der Waals surface area contributed by atoms with E-state index in [1.807, 2.05) is 11.9 Å². The van der Waals surface area contributed by atoms with Crippen molar-refractivity contribution in [1.82, 2.24) is 20.0 Å². The molecule has 3 aliphatic rings. The molecule has 2 saturated heterocycles. The fraction of sp³-hybridized carbons (Fsp3) is 0.800. The van der Waals surface area contributed by atoms with Gasteiger partial charge in [-0.05, 0) is 32.6 Å². The Morgan fingerprint density at radius 3 is 2.56 bits per heavy atom. The minimum absolute atomic E-state index is 0.0133. The summed E-state index contributed by atoms with van der Waals surface area (Å²) in [4.78, 5) is 23.7. The fourth-order valence-electron chi connectivity index (χ4n) is 4.14. The first-order valence-corrected chi connectivity index (χ1v) is 10.4. The molecule has 7 heteroatoms. The number of carbonyl (C=O) groups excluding carboxylic acids is 1. The molecule has 3 rings (SSSR count). The smallest absolute Gasteiger partial charge is 0.239 e. The van der Waals surface area contributed by atoms with E-state index in [-0.39, 0.29) is 6.04 Å². The van der Waals surface area contributed by atoms with Gasteiger partial charge in [0.15, 0.2) is 5.96 Å². The van der Waals surface area contributed by atoms with Gasteiger partial charge < -0.3 is 19.9 Å². The summed E-state index contributed by atoms with van der Waals surface area (Å²) in [6.07, 6.45) is 6.59. The Balaban J connectivity index is 1.41. The second kappa shape index (κ2) is 10.1.